The van der Waals surface area contributed by atoms with E-state index in [1.807, 2.05) is 6.92 Å². The van der Waals surface area contributed by atoms with E-state index in [1.54, 1.807) is 18.5 Å². The zero-order valence-electron chi connectivity index (χ0n) is 11.2. The van der Waals surface area contributed by atoms with Crippen LogP contribution in [0.4, 0.5) is 11.6 Å². The monoisotopic (exact) mass is 258 g/mol. The molecule has 0 saturated heterocycles. The molecule has 0 aromatic carbocycles. The smallest absolute Gasteiger partial charge is 0.133 e. The summed E-state index contributed by atoms with van der Waals surface area (Å²) >= 11 is 0. The highest BCUT2D eigenvalue weighted by Crippen LogP contribution is 2.10. The van der Waals surface area contributed by atoms with Gasteiger partial charge in [0, 0.05) is 18.7 Å². The number of hydrogen-bond donors (Lipinski definition) is 2. The first-order valence-electron chi connectivity index (χ1n) is 6.32. The molecule has 6 heteroatoms. The molecular formula is C13H18N6. The Bertz CT molecular complexity index is 537. The molecule has 6 nitrogen and oxygen atoms in total. The van der Waals surface area contributed by atoms with Gasteiger partial charge in [0.2, 0.25) is 0 Å². The molecule has 0 fully saturated rings. The number of nitrogens with zero attached hydrogens (tertiary/aromatic N) is 4. The third-order valence-corrected chi connectivity index (χ3v) is 2.55. The summed E-state index contributed by atoms with van der Waals surface area (Å²) in [5.74, 6) is 1.97. The second-order valence-corrected chi connectivity index (χ2v) is 4.35. The van der Waals surface area contributed by atoms with E-state index >= 15 is 0 Å². The molecule has 0 amide bonds. The number of nitrogens with two attached hydrogens (primary N) is 1. The summed E-state index contributed by atoms with van der Waals surface area (Å²) < 4.78 is 0. The van der Waals surface area contributed by atoms with Gasteiger partial charge in [-0.2, -0.15) is 0 Å². The van der Waals surface area contributed by atoms with Gasteiger partial charge in [-0.15, -0.1) is 0 Å². The summed E-state index contributed by atoms with van der Waals surface area (Å²) in [6, 6.07) is 1.72. The third-order valence-electron chi connectivity index (χ3n) is 2.55. The molecule has 0 spiro atoms. The molecule has 0 saturated carbocycles. The summed E-state index contributed by atoms with van der Waals surface area (Å²) in [5, 5.41) is 3.19. The van der Waals surface area contributed by atoms with Crippen molar-refractivity contribution in [1.82, 2.24) is 19.9 Å². The van der Waals surface area contributed by atoms with E-state index in [1.165, 1.54) is 0 Å². The Labute approximate surface area is 112 Å². The quantitative estimate of drug-likeness (QED) is 0.848. The number of rotatable bonds is 5. The number of hydrogen-bond acceptors (Lipinski definition) is 6. The standard InChI is InChI=1S/C13H18N6/c1-3-4-12-18-11(14)5-13(19-12)17-8-10-7-15-9(2)6-16-10/h5-7H,3-4,8H2,1-2H3,(H3,14,17,18,19). The molecule has 2 aromatic heterocycles. The van der Waals surface area contributed by atoms with Gasteiger partial charge in [0.25, 0.3) is 0 Å². The summed E-state index contributed by atoms with van der Waals surface area (Å²) in [6.07, 6.45) is 5.31. The molecule has 2 heterocycles. The maximum atomic E-state index is 5.76. The summed E-state index contributed by atoms with van der Waals surface area (Å²) in [5.41, 5.74) is 7.52. The van der Waals surface area contributed by atoms with Crippen molar-refractivity contribution in [3.05, 3.63) is 35.7 Å². The molecule has 0 radical (unpaired) electrons. The van der Waals surface area contributed by atoms with Crippen LogP contribution in [0.1, 0.15) is 30.6 Å². The van der Waals surface area contributed by atoms with E-state index in [0.717, 1.165) is 35.9 Å². The molecule has 100 valence electrons. The van der Waals surface area contributed by atoms with Crippen LogP contribution in [-0.2, 0) is 13.0 Å². The first kappa shape index (κ1) is 13.2. The van der Waals surface area contributed by atoms with E-state index in [9.17, 15) is 0 Å². The van der Waals surface area contributed by atoms with Crippen LogP contribution in [0.15, 0.2) is 18.5 Å². The van der Waals surface area contributed by atoms with Gasteiger partial charge in [0.1, 0.15) is 17.5 Å². The van der Waals surface area contributed by atoms with Gasteiger partial charge in [-0.05, 0) is 13.3 Å². The highest BCUT2D eigenvalue weighted by molar-refractivity contribution is 5.44. The Morgan fingerprint density at radius 2 is 2.05 bits per heavy atom. The lowest BCUT2D eigenvalue weighted by molar-refractivity contribution is 0.835. The van der Waals surface area contributed by atoms with Gasteiger partial charge in [0.15, 0.2) is 0 Å². The lowest BCUT2D eigenvalue weighted by atomic mass is 10.3. The fraction of sp³-hybridized carbons (Fsp3) is 0.385. The summed E-state index contributed by atoms with van der Waals surface area (Å²) in [4.78, 5) is 17.1. The lowest BCUT2D eigenvalue weighted by Gasteiger charge is -2.07. The van der Waals surface area contributed by atoms with E-state index < -0.39 is 0 Å². The SMILES string of the molecule is CCCc1nc(N)cc(NCc2cnc(C)cn2)n1. The Hall–Kier alpha value is -2.24. The van der Waals surface area contributed by atoms with Crippen molar-refractivity contribution >= 4 is 11.6 Å². The normalized spacial score (nSPS) is 10.4. The fourth-order valence-corrected chi connectivity index (χ4v) is 1.64. The van der Waals surface area contributed by atoms with Crippen LogP contribution < -0.4 is 11.1 Å². The Kier molecular flexibility index (Phi) is 4.22. The van der Waals surface area contributed by atoms with Crippen LogP contribution in [0.3, 0.4) is 0 Å². The van der Waals surface area contributed by atoms with E-state index in [0.29, 0.717) is 12.4 Å². The first-order valence-corrected chi connectivity index (χ1v) is 6.32. The van der Waals surface area contributed by atoms with Gasteiger partial charge in [-0.1, -0.05) is 6.92 Å². The highest BCUT2D eigenvalue weighted by atomic mass is 15.1. The van der Waals surface area contributed by atoms with Crippen molar-refractivity contribution in [2.75, 3.05) is 11.1 Å². The number of nitrogen functional groups attached to an aromatic ring is 1. The molecule has 19 heavy (non-hydrogen) atoms. The maximum Gasteiger partial charge on any atom is 0.133 e. The van der Waals surface area contributed by atoms with Gasteiger partial charge >= 0.3 is 0 Å². The number of aryl methyl sites for hydroxylation is 2. The Morgan fingerprint density at radius 3 is 2.74 bits per heavy atom. The van der Waals surface area contributed by atoms with E-state index in [-0.39, 0.29) is 0 Å². The van der Waals surface area contributed by atoms with Crippen molar-refractivity contribution in [3.8, 4) is 0 Å². The second-order valence-electron chi connectivity index (χ2n) is 4.35. The van der Waals surface area contributed by atoms with Crippen molar-refractivity contribution in [2.24, 2.45) is 0 Å². The van der Waals surface area contributed by atoms with E-state index in [4.69, 9.17) is 5.73 Å². The molecule has 0 aliphatic rings. The van der Waals surface area contributed by atoms with Crippen molar-refractivity contribution in [1.29, 1.82) is 0 Å². The molecular weight excluding hydrogens is 240 g/mol. The zero-order chi connectivity index (χ0) is 13.7. The van der Waals surface area contributed by atoms with Crippen LogP contribution in [0, 0.1) is 6.92 Å². The van der Waals surface area contributed by atoms with Gasteiger partial charge in [-0.3, -0.25) is 9.97 Å². The molecule has 0 aliphatic heterocycles. The van der Waals surface area contributed by atoms with Crippen molar-refractivity contribution in [3.63, 3.8) is 0 Å². The molecule has 0 unspecified atom stereocenters. The van der Waals surface area contributed by atoms with Crippen LogP contribution in [0.5, 0.6) is 0 Å². The minimum Gasteiger partial charge on any atom is -0.384 e. The Morgan fingerprint density at radius 1 is 1.21 bits per heavy atom. The minimum absolute atomic E-state index is 0.482. The van der Waals surface area contributed by atoms with Crippen LogP contribution in [0.2, 0.25) is 0 Å². The number of aromatic nitrogens is 4. The maximum absolute atomic E-state index is 5.76. The average Bonchev–Trinajstić information content (AvgIpc) is 2.38. The molecule has 2 aromatic rings. The average molecular weight is 258 g/mol. The topological polar surface area (TPSA) is 89.6 Å². The minimum atomic E-state index is 0.482. The zero-order valence-corrected chi connectivity index (χ0v) is 11.2. The molecule has 2 rings (SSSR count). The van der Waals surface area contributed by atoms with Crippen molar-refractivity contribution in [2.45, 2.75) is 33.2 Å². The third kappa shape index (κ3) is 3.87. The Balaban J connectivity index is 2.04. The molecule has 3 N–H and O–H groups in total. The fourth-order valence-electron chi connectivity index (χ4n) is 1.64. The van der Waals surface area contributed by atoms with Crippen LogP contribution in [-0.4, -0.2) is 19.9 Å². The molecule has 0 bridgehead atoms. The largest absolute Gasteiger partial charge is 0.384 e. The predicted molar refractivity (Wildman–Crippen MR) is 74.5 cm³/mol. The second kappa shape index (κ2) is 6.08. The van der Waals surface area contributed by atoms with Gasteiger partial charge in [-0.25, -0.2) is 9.97 Å². The predicted octanol–water partition coefficient (Wildman–Crippen LogP) is 1.72. The van der Waals surface area contributed by atoms with Gasteiger partial charge < -0.3 is 11.1 Å². The number of anilines is 2. The first-order chi connectivity index (χ1) is 9.17. The van der Waals surface area contributed by atoms with E-state index in [2.05, 4.69) is 32.2 Å². The highest BCUT2D eigenvalue weighted by Gasteiger charge is 2.02. The van der Waals surface area contributed by atoms with Gasteiger partial charge in [0.05, 0.1) is 24.1 Å². The van der Waals surface area contributed by atoms with Crippen LogP contribution in [0.25, 0.3) is 0 Å². The lowest BCUT2D eigenvalue weighted by Crippen LogP contribution is -2.07. The molecule has 0 aliphatic carbocycles. The van der Waals surface area contributed by atoms with Crippen molar-refractivity contribution < 1.29 is 0 Å². The molecule has 0 atom stereocenters. The summed E-state index contributed by atoms with van der Waals surface area (Å²) in [7, 11) is 0. The summed E-state index contributed by atoms with van der Waals surface area (Å²) in [6.45, 7) is 4.56. The number of nitrogens with one attached hydrogen (secondary N) is 1. The van der Waals surface area contributed by atoms with Crippen LogP contribution >= 0.6 is 0 Å².